The number of hydrogen-bond donors (Lipinski definition) is 3. The van der Waals surface area contributed by atoms with E-state index < -0.39 is 5.97 Å². The molecular formula is C15H22N2O2. The van der Waals surface area contributed by atoms with Gasteiger partial charge in [-0.2, -0.15) is 0 Å². The first kappa shape index (κ1) is 13.7. The summed E-state index contributed by atoms with van der Waals surface area (Å²) in [5, 5.41) is 12.4. The highest BCUT2D eigenvalue weighted by Crippen LogP contribution is 2.28. The van der Waals surface area contributed by atoms with Gasteiger partial charge in [-0.3, -0.25) is 0 Å². The molecule has 0 aliphatic heterocycles. The summed E-state index contributed by atoms with van der Waals surface area (Å²) < 4.78 is 0. The number of carbonyl (C=O) groups is 1. The molecule has 0 saturated heterocycles. The monoisotopic (exact) mass is 262 g/mol. The van der Waals surface area contributed by atoms with E-state index in [-0.39, 0.29) is 5.56 Å². The van der Waals surface area contributed by atoms with Crippen LogP contribution in [-0.2, 0) is 0 Å². The van der Waals surface area contributed by atoms with Crippen molar-refractivity contribution in [2.24, 2.45) is 5.92 Å². The summed E-state index contributed by atoms with van der Waals surface area (Å²) in [4.78, 5) is 10.9. The van der Waals surface area contributed by atoms with Crippen LogP contribution < -0.4 is 11.1 Å². The zero-order valence-corrected chi connectivity index (χ0v) is 11.4. The average molecular weight is 262 g/mol. The fourth-order valence-corrected chi connectivity index (χ4v) is 2.86. The molecule has 0 heterocycles. The molecular weight excluding hydrogens is 240 g/mol. The maximum Gasteiger partial charge on any atom is 0.337 e. The molecule has 0 bridgehead atoms. The van der Waals surface area contributed by atoms with Crippen molar-refractivity contribution < 1.29 is 9.90 Å². The van der Waals surface area contributed by atoms with Crippen LogP contribution in [0.4, 0.5) is 11.4 Å². The van der Waals surface area contributed by atoms with Crippen LogP contribution >= 0.6 is 0 Å². The van der Waals surface area contributed by atoms with Crippen molar-refractivity contribution in [3.05, 3.63) is 23.8 Å². The van der Waals surface area contributed by atoms with Gasteiger partial charge in [-0.25, -0.2) is 4.79 Å². The van der Waals surface area contributed by atoms with Crippen molar-refractivity contribution >= 4 is 17.3 Å². The van der Waals surface area contributed by atoms with Crippen LogP contribution in [0.3, 0.4) is 0 Å². The van der Waals surface area contributed by atoms with E-state index in [1.165, 1.54) is 32.1 Å². The molecule has 1 atom stereocenters. The van der Waals surface area contributed by atoms with Crippen LogP contribution in [0.25, 0.3) is 0 Å². The van der Waals surface area contributed by atoms with Crippen molar-refractivity contribution in [2.75, 3.05) is 11.1 Å². The van der Waals surface area contributed by atoms with Gasteiger partial charge >= 0.3 is 5.97 Å². The van der Waals surface area contributed by atoms with E-state index in [0.29, 0.717) is 17.6 Å². The molecule has 0 radical (unpaired) electrons. The second-order valence-electron chi connectivity index (χ2n) is 5.44. The lowest BCUT2D eigenvalue weighted by Gasteiger charge is -2.29. The summed E-state index contributed by atoms with van der Waals surface area (Å²) >= 11 is 0. The third-order valence-corrected chi connectivity index (χ3v) is 4.03. The van der Waals surface area contributed by atoms with Crippen molar-refractivity contribution in [3.8, 4) is 0 Å². The number of benzene rings is 1. The molecule has 104 valence electrons. The third-order valence-electron chi connectivity index (χ3n) is 4.03. The fraction of sp³-hybridized carbons (Fsp3) is 0.533. The van der Waals surface area contributed by atoms with Crippen LogP contribution in [0.5, 0.6) is 0 Å². The largest absolute Gasteiger partial charge is 0.478 e. The molecule has 19 heavy (non-hydrogen) atoms. The van der Waals surface area contributed by atoms with Crippen molar-refractivity contribution in [3.63, 3.8) is 0 Å². The number of nitrogens with two attached hydrogens (primary N) is 1. The Labute approximate surface area is 114 Å². The van der Waals surface area contributed by atoms with Gasteiger partial charge in [0, 0.05) is 17.4 Å². The van der Waals surface area contributed by atoms with Crippen LogP contribution in [0.15, 0.2) is 18.2 Å². The van der Waals surface area contributed by atoms with Crippen LogP contribution in [0.2, 0.25) is 0 Å². The second kappa shape index (κ2) is 5.95. The SMILES string of the molecule is CC(Nc1ccc(C(=O)O)c(N)c1)C1CCCCC1. The number of hydrogen-bond acceptors (Lipinski definition) is 3. The predicted molar refractivity (Wildman–Crippen MR) is 77.5 cm³/mol. The predicted octanol–water partition coefficient (Wildman–Crippen LogP) is 3.35. The van der Waals surface area contributed by atoms with E-state index in [0.717, 1.165) is 5.69 Å². The van der Waals surface area contributed by atoms with Crippen molar-refractivity contribution in [2.45, 2.75) is 45.1 Å². The number of rotatable bonds is 4. The Kier molecular flexibility index (Phi) is 4.30. The summed E-state index contributed by atoms with van der Waals surface area (Å²) in [7, 11) is 0. The molecule has 4 heteroatoms. The van der Waals surface area contributed by atoms with Gasteiger partial charge < -0.3 is 16.2 Å². The summed E-state index contributed by atoms with van der Waals surface area (Å²) in [6.07, 6.45) is 6.53. The molecule has 1 aromatic carbocycles. The molecule has 4 nitrogen and oxygen atoms in total. The molecule has 1 unspecified atom stereocenters. The van der Waals surface area contributed by atoms with E-state index >= 15 is 0 Å². The average Bonchev–Trinajstić information content (AvgIpc) is 2.39. The lowest BCUT2D eigenvalue weighted by atomic mass is 9.84. The zero-order valence-electron chi connectivity index (χ0n) is 11.4. The minimum atomic E-state index is -0.982. The quantitative estimate of drug-likeness (QED) is 0.727. The lowest BCUT2D eigenvalue weighted by molar-refractivity contribution is 0.0698. The molecule has 2 rings (SSSR count). The minimum absolute atomic E-state index is 0.163. The number of carboxylic acids is 1. The van der Waals surface area contributed by atoms with E-state index in [2.05, 4.69) is 12.2 Å². The molecule has 0 spiro atoms. The number of anilines is 2. The Balaban J connectivity index is 2.02. The topological polar surface area (TPSA) is 75.3 Å². The maximum absolute atomic E-state index is 10.9. The normalized spacial score (nSPS) is 17.9. The number of carboxylic acid groups (broad SMARTS) is 1. The third kappa shape index (κ3) is 3.40. The summed E-state index contributed by atoms with van der Waals surface area (Å²) in [5.41, 5.74) is 7.14. The van der Waals surface area contributed by atoms with Gasteiger partial charge in [-0.05, 0) is 43.9 Å². The molecule has 1 fully saturated rings. The van der Waals surface area contributed by atoms with E-state index in [9.17, 15) is 4.79 Å². The maximum atomic E-state index is 10.9. The molecule has 1 aliphatic rings. The molecule has 1 aliphatic carbocycles. The highest BCUT2D eigenvalue weighted by molar-refractivity contribution is 5.94. The number of nitrogen functional groups attached to an aromatic ring is 1. The highest BCUT2D eigenvalue weighted by Gasteiger charge is 2.20. The summed E-state index contributed by atoms with van der Waals surface area (Å²) in [5.74, 6) is -0.279. The van der Waals surface area contributed by atoms with Crippen LogP contribution in [-0.4, -0.2) is 17.1 Å². The van der Waals surface area contributed by atoms with Gasteiger partial charge in [0.2, 0.25) is 0 Å². The second-order valence-corrected chi connectivity index (χ2v) is 5.44. The number of aromatic carboxylic acids is 1. The lowest BCUT2D eigenvalue weighted by Crippen LogP contribution is -2.27. The Hall–Kier alpha value is -1.71. The van der Waals surface area contributed by atoms with Crippen molar-refractivity contribution in [1.82, 2.24) is 0 Å². The number of nitrogens with one attached hydrogen (secondary N) is 1. The van der Waals surface area contributed by atoms with Crippen LogP contribution in [0, 0.1) is 5.92 Å². The van der Waals surface area contributed by atoms with E-state index in [1.54, 1.807) is 18.2 Å². The Bertz CT molecular complexity index is 453. The first-order valence-electron chi connectivity index (χ1n) is 6.97. The Morgan fingerprint density at radius 2 is 2.05 bits per heavy atom. The van der Waals surface area contributed by atoms with Gasteiger partial charge in [0.05, 0.1) is 5.56 Å². The molecule has 4 N–H and O–H groups in total. The first-order chi connectivity index (χ1) is 9.08. The van der Waals surface area contributed by atoms with E-state index in [4.69, 9.17) is 10.8 Å². The summed E-state index contributed by atoms with van der Waals surface area (Å²) in [6.45, 7) is 2.19. The van der Waals surface area contributed by atoms with Gasteiger partial charge in [0.25, 0.3) is 0 Å². The molecule has 0 aromatic heterocycles. The van der Waals surface area contributed by atoms with Gasteiger partial charge in [0.1, 0.15) is 0 Å². The van der Waals surface area contributed by atoms with Gasteiger partial charge in [-0.15, -0.1) is 0 Å². The Morgan fingerprint density at radius 1 is 1.37 bits per heavy atom. The Morgan fingerprint density at radius 3 is 2.63 bits per heavy atom. The molecule has 1 saturated carbocycles. The van der Waals surface area contributed by atoms with E-state index in [1.807, 2.05) is 0 Å². The molecule has 0 amide bonds. The highest BCUT2D eigenvalue weighted by atomic mass is 16.4. The van der Waals surface area contributed by atoms with Crippen molar-refractivity contribution in [1.29, 1.82) is 0 Å². The summed E-state index contributed by atoms with van der Waals surface area (Å²) in [6, 6.07) is 5.46. The fourth-order valence-electron chi connectivity index (χ4n) is 2.86. The van der Waals surface area contributed by atoms with Gasteiger partial charge in [-0.1, -0.05) is 19.3 Å². The molecule has 1 aromatic rings. The van der Waals surface area contributed by atoms with Gasteiger partial charge in [0.15, 0.2) is 0 Å². The van der Waals surface area contributed by atoms with Crippen LogP contribution in [0.1, 0.15) is 49.4 Å². The zero-order chi connectivity index (χ0) is 13.8. The minimum Gasteiger partial charge on any atom is -0.478 e. The standard InChI is InChI=1S/C15H22N2O2/c1-10(11-5-3-2-4-6-11)17-12-7-8-13(15(18)19)14(16)9-12/h7-11,17H,2-6,16H2,1H3,(H,18,19). The first-order valence-corrected chi connectivity index (χ1v) is 6.97. The smallest absolute Gasteiger partial charge is 0.337 e.